The molecule has 1 aromatic heterocycles. The molecule has 98 valence electrons. The molecule has 2 atom stereocenters. The molecule has 0 saturated carbocycles. The lowest BCUT2D eigenvalue weighted by Gasteiger charge is -2.27. The van der Waals surface area contributed by atoms with Crippen LogP contribution in [-0.4, -0.2) is 23.9 Å². The van der Waals surface area contributed by atoms with Gasteiger partial charge in [0, 0.05) is 24.4 Å². The van der Waals surface area contributed by atoms with Crippen LogP contribution in [0, 0.1) is 18.8 Å². The van der Waals surface area contributed by atoms with E-state index in [1.54, 1.807) is 12.4 Å². The van der Waals surface area contributed by atoms with Crippen molar-refractivity contribution < 1.29 is 4.79 Å². The Labute approximate surface area is 109 Å². The van der Waals surface area contributed by atoms with Gasteiger partial charge in [0.25, 0.3) is 0 Å². The number of carbonyl (C=O) groups excluding carboxylic acids is 1. The van der Waals surface area contributed by atoms with E-state index in [9.17, 15) is 4.79 Å². The van der Waals surface area contributed by atoms with Crippen LogP contribution < -0.4 is 5.32 Å². The number of aryl methyl sites for hydroxylation is 1. The van der Waals surface area contributed by atoms with Crippen molar-refractivity contribution in [3.8, 4) is 0 Å². The summed E-state index contributed by atoms with van der Waals surface area (Å²) in [6, 6.07) is 1.93. The molecule has 0 bridgehead atoms. The quantitative estimate of drug-likeness (QED) is 0.830. The second kappa shape index (κ2) is 6.10. The molecular formula is C15H22N2O. The molecule has 3 heteroatoms. The first-order chi connectivity index (χ1) is 8.66. The highest BCUT2D eigenvalue weighted by molar-refractivity contribution is 5.96. The fourth-order valence-corrected chi connectivity index (χ4v) is 2.65. The summed E-state index contributed by atoms with van der Waals surface area (Å²) >= 11 is 0. The lowest BCUT2D eigenvalue weighted by atomic mass is 9.83. The topological polar surface area (TPSA) is 42.0 Å². The van der Waals surface area contributed by atoms with Crippen LogP contribution in [0.25, 0.3) is 0 Å². The summed E-state index contributed by atoms with van der Waals surface area (Å²) in [6.07, 6.45) is 6.58. The third-order valence-electron chi connectivity index (χ3n) is 3.84. The maximum atomic E-state index is 12.2. The van der Waals surface area contributed by atoms with E-state index in [0.717, 1.165) is 24.2 Å². The number of piperidine rings is 1. The van der Waals surface area contributed by atoms with Crippen LogP contribution in [0.3, 0.4) is 0 Å². The van der Waals surface area contributed by atoms with E-state index >= 15 is 0 Å². The summed E-state index contributed by atoms with van der Waals surface area (Å²) in [6.45, 7) is 6.34. The van der Waals surface area contributed by atoms with Gasteiger partial charge in [-0.25, -0.2) is 0 Å². The number of carbonyl (C=O) groups is 1. The number of hydrogen-bond donors (Lipinski definition) is 1. The van der Waals surface area contributed by atoms with Gasteiger partial charge in [0.1, 0.15) is 0 Å². The molecule has 2 unspecified atom stereocenters. The highest BCUT2D eigenvalue weighted by Crippen LogP contribution is 2.24. The number of nitrogens with zero attached hydrogens (tertiary/aromatic N) is 1. The van der Waals surface area contributed by atoms with Gasteiger partial charge in [-0.1, -0.05) is 6.92 Å². The Morgan fingerprint density at radius 2 is 2.39 bits per heavy atom. The van der Waals surface area contributed by atoms with E-state index in [1.165, 1.54) is 12.8 Å². The number of hydrogen-bond acceptors (Lipinski definition) is 3. The van der Waals surface area contributed by atoms with Crippen LogP contribution in [0.5, 0.6) is 0 Å². The average molecular weight is 246 g/mol. The maximum absolute atomic E-state index is 12.2. The number of Topliss-reactive ketones (excluding diaryl/α,β-unsaturated/α-hetero) is 1. The largest absolute Gasteiger partial charge is 0.316 e. The first-order valence-corrected chi connectivity index (χ1v) is 6.82. The van der Waals surface area contributed by atoms with Crippen molar-refractivity contribution in [2.75, 3.05) is 13.1 Å². The van der Waals surface area contributed by atoms with Gasteiger partial charge < -0.3 is 5.32 Å². The van der Waals surface area contributed by atoms with Crippen LogP contribution in [0.4, 0.5) is 0 Å². The smallest absolute Gasteiger partial charge is 0.164 e. The van der Waals surface area contributed by atoms with Crippen molar-refractivity contribution in [3.63, 3.8) is 0 Å². The van der Waals surface area contributed by atoms with Gasteiger partial charge in [0.2, 0.25) is 0 Å². The van der Waals surface area contributed by atoms with Gasteiger partial charge in [-0.3, -0.25) is 9.78 Å². The van der Waals surface area contributed by atoms with Crippen molar-refractivity contribution in [1.29, 1.82) is 0 Å². The van der Waals surface area contributed by atoms with Gasteiger partial charge in [-0.15, -0.1) is 0 Å². The zero-order valence-corrected chi connectivity index (χ0v) is 11.3. The van der Waals surface area contributed by atoms with Crippen molar-refractivity contribution in [2.45, 2.75) is 33.1 Å². The molecule has 18 heavy (non-hydrogen) atoms. The SMILES string of the molecule is Cc1cncc(C(=O)CC(C)C2CCCNC2)c1. The molecule has 0 spiro atoms. The summed E-state index contributed by atoms with van der Waals surface area (Å²) in [7, 11) is 0. The van der Waals surface area contributed by atoms with Crippen molar-refractivity contribution >= 4 is 5.78 Å². The maximum Gasteiger partial charge on any atom is 0.164 e. The minimum absolute atomic E-state index is 0.226. The number of ketones is 1. The van der Waals surface area contributed by atoms with Crippen LogP contribution in [0.1, 0.15) is 42.1 Å². The Kier molecular flexibility index (Phi) is 4.48. The van der Waals surface area contributed by atoms with E-state index in [2.05, 4.69) is 17.2 Å². The molecule has 1 N–H and O–H groups in total. The molecule has 2 heterocycles. The summed E-state index contributed by atoms with van der Waals surface area (Å²) in [5, 5.41) is 3.41. The summed E-state index contributed by atoms with van der Waals surface area (Å²) in [5.41, 5.74) is 1.80. The Bertz CT molecular complexity index is 411. The highest BCUT2D eigenvalue weighted by atomic mass is 16.1. The molecule has 0 aromatic carbocycles. The second-order valence-electron chi connectivity index (χ2n) is 5.46. The number of rotatable bonds is 4. The molecule has 0 aliphatic carbocycles. The third kappa shape index (κ3) is 3.39. The highest BCUT2D eigenvalue weighted by Gasteiger charge is 2.22. The molecule has 0 amide bonds. The van der Waals surface area contributed by atoms with E-state index in [0.29, 0.717) is 18.3 Å². The molecule has 1 aromatic rings. The summed E-state index contributed by atoms with van der Waals surface area (Å²) < 4.78 is 0. The lowest BCUT2D eigenvalue weighted by molar-refractivity contribution is 0.0942. The normalized spacial score (nSPS) is 21.6. The summed E-state index contributed by atoms with van der Waals surface area (Å²) in [5.74, 6) is 1.32. The fourth-order valence-electron chi connectivity index (χ4n) is 2.65. The first-order valence-electron chi connectivity index (χ1n) is 6.82. The van der Waals surface area contributed by atoms with Crippen LogP contribution in [0.15, 0.2) is 18.5 Å². The van der Waals surface area contributed by atoms with Gasteiger partial charge in [0.15, 0.2) is 5.78 Å². The van der Waals surface area contributed by atoms with Gasteiger partial charge >= 0.3 is 0 Å². The van der Waals surface area contributed by atoms with E-state index in [4.69, 9.17) is 0 Å². The zero-order chi connectivity index (χ0) is 13.0. The van der Waals surface area contributed by atoms with Gasteiger partial charge in [-0.05, 0) is 56.3 Å². The van der Waals surface area contributed by atoms with E-state index in [1.807, 2.05) is 13.0 Å². The average Bonchev–Trinajstić information content (AvgIpc) is 2.39. The summed E-state index contributed by atoms with van der Waals surface area (Å²) in [4.78, 5) is 16.3. The number of aromatic nitrogens is 1. The standard InChI is InChI=1S/C15H22N2O/c1-11-6-14(10-17-8-11)15(18)7-12(2)13-4-3-5-16-9-13/h6,8,10,12-13,16H,3-5,7,9H2,1-2H3. The Morgan fingerprint density at radius 3 is 3.06 bits per heavy atom. The van der Waals surface area contributed by atoms with Crippen molar-refractivity contribution in [2.24, 2.45) is 11.8 Å². The molecular weight excluding hydrogens is 224 g/mol. The molecule has 0 radical (unpaired) electrons. The predicted octanol–water partition coefficient (Wildman–Crippen LogP) is 2.60. The first kappa shape index (κ1) is 13.2. The molecule has 2 rings (SSSR count). The van der Waals surface area contributed by atoms with Gasteiger partial charge in [-0.2, -0.15) is 0 Å². The van der Waals surface area contributed by atoms with E-state index in [-0.39, 0.29) is 5.78 Å². The lowest BCUT2D eigenvalue weighted by Crippen LogP contribution is -2.34. The molecule has 1 saturated heterocycles. The molecule has 1 aliphatic heterocycles. The molecule has 1 fully saturated rings. The monoisotopic (exact) mass is 246 g/mol. The van der Waals surface area contributed by atoms with Crippen LogP contribution >= 0.6 is 0 Å². The van der Waals surface area contributed by atoms with E-state index < -0.39 is 0 Å². The minimum Gasteiger partial charge on any atom is -0.316 e. The number of pyridine rings is 1. The Balaban J connectivity index is 1.94. The number of nitrogens with one attached hydrogen (secondary N) is 1. The van der Waals surface area contributed by atoms with Crippen LogP contribution in [0.2, 0.25) is 0 Å². The zero-order valence-electron chi connectivity index (χ0n) is 11.3. The Morgan fingerprint density at radius 1 is 1.56 bits per heavy atom. The molecule has 3 nitrogen and oxygen atoms in total. The minimum atomic E-state index is 0.226. The third-order valence-corrected chi connectivity index (χ3v) is 3.84. The fraction of sp³-hybridized carbons (Fsp3) is 0.600. The second-order valence-corrected chi connectivity index (χ2v) is 5.46. The van der Waals surface area contributed by atoms with Crippen LogP contribution in [-0.2, 0) is 0 Å². The molecule has 1 aliphatic rings. The van der Waals surface area contributed by atoms with Gasteiger partial charge in [0.05, 0.1) is 0 Å². The van der Waals surface area contributed by atoms with Crippen molar-refractivity contribution in [3.05, 3.63) is 29.6 Å². The van der Waals surface area contributed by atoms with Crippen molar-refractivity contribution in [1.82, 2.24) is 10.3 Å². The Hall–Kier alpha value is -1.22. The predicted molar refractivity (Wildman–Crippen MR) is 72.7 cm³/mol.